The summed E-state index contributed by atoms with van der Waals surface area (Å²) >= 11 is 1.60. The fourth-order valence-electron chi connectivity index (χ4n) is 5.76. The first-order valence-electron chi connectivity index (χ1n) is 14.2. The number of hydrogen-bond donors (Lipinski definition) is 3. The van der Waals surface area contributed by atoms with Crippen LogP contribution in [0.4, 0.5) is 28.9 Å². The molecule has 1 aliphatic carbocycles. The Bertz CT molecular complexity index is 1660. The summed E-state index contributed by atoms with van der Waals surface area (Å²) in [7, 11) is 3.99. The Labute approximate surface area is 262 Å². The Balaban J connectivity index is 0.00000148. The zero-order chi connectivity index (χ0) is 33.1. The normalized spacial score (nSPS) is 19.8. The molecule has 0 radical (unpaired) electrons. The van der Waals surface area contributed by atoms with Gasteiger partial charge in [0.2, 0.25) is 5.91 Å². The first-order chi connectivity index (χ1) is 21.2. The Hall–Kier alpha value is -4.10. The molecule has 0 saturated heterocycles. The highest BCUT2D eigenvalue weighted by atomic mass is 32.2. The van der Waals surface area contributed by atoms with Crippen molar-refractivity contribution in [2.24, 2.45) is 24.6 Å². The van der Waals surface area contributed by atoms with Gasteiger partial charge in [0.25, 0.3) is 6.47 Å². The summed E-state index contributed by atoms with van der Waals surface area (Å²) in [5.41, 5.74) is 9.05. The number of aryl methyl sites for hydroxylation is 2. The summed E-state index contributed by atoms with van der Waals surface area (Å²) in [6.07, 6.45) is -3.58. The third-order valence-corrected chi connectivity index (χ3v) is 9.23. The van der Waals surface area contributed by atoms with Gasteiger partial charge in [-0.05, 0) is 97.6 Å². The highest BCUT2D eigenvalue weighted by Crippen LogP contribution is 2.42. The van der Waals surface area contributed by atoms with Gasteiger partial charge in [-0.3, -0.25) is 9.59 Å². The van der Waals surface area contributed by atoms with Gasteiger partial charge in [0.1, 0.15) is 11.6 Å². The lowest BCUT2D eigenvalue weighted by molar-refractivity contribution is -0.137. The van der Waals surface area contributed by atoms with E-state index in [9.17, 15) is 22.4 Å². The molecule has 5 rings (SSSR count). The van der Waals surface area contributed by atoms with Crippen LogP contribution in [0.1, 0.15) is 42.6 Å². The van der Waals surface area contributed by atoms with Crippen molar-refractivity contribution < 1.29 is 32.3 Å². The molecule has 0 aliphatic heterocycles. The van der Waals surface area contributed by atoms with Gasteiger partial charge < -0.3 is 25.0 Å². The topological polar surface area (TPSA) is 113 Å². The first kappa shape index (κ1) is 33.8. The van der Waals surface area contributed by atoms with Crippen molar-refractivity contribution in [2.75, 3.05) is 16.7 Å². The van der Waals surface area contributed by atoms with Crippen molar-refractivity contribution in [3.05, 3.63) is 83.4 Å². The van der Waals surface area contributed by atoms with Crippen molar-refractivity contribution >= 4 is 46.7 Å². The number of benzene rings is 3. The standard InChI is InChI=1S/C31H33F4N5OS.CH2O2/c1-17-24(14-21(36)15-25(17)30(41)38-27-11-7-20(13-26(27)32)31(33,34)35)19-5-8-22(9-6-19)40(4)42-23-10-12-29-28(16-23)37-18(2)39(29)3;2-1-3/h5-13,16-17,21,24-25H,14-15,36H2,1-4H3,(H,38,41);1H,(H,2,3)/t17-,21+,24?,25?;/m1./s1. The van der Waals surface area contributed by atoms with Crippen LogP contribution in [0.15, 0.2) is 65.6 Å². The van der Waals surface area contributed by atoms with E-state index in [0.29, 0.717) is 18.9 Å². The summed E-state index contributed by atoms with van der Waals surface area (Å²) in [4.78, 5) is 27.2. The van der Waals surface area contributed by atoms with E-state index in [1.54, 1.807) is 11.9 Å². The van der Waals surface area contributed by atoms with Crippen LogP contribution in [0.25, 0.3) is 11.0 Å². The second-order valence-electron chi connectivity index (χ2n) is 11.1. The number of carbonyl (C=O) groups is 2. The van der Waals surface area contributed by atoms with Crippen LogP contribution in [-0.4, -0.2) is 40.1 Å². The van der Waals surface area contributed by atoms with E-state index in [1.807, 2.05) is 52.2 Å². The number of fused-ring (bicyclic) bond motifs is 1. The summed E-state index contributed by atoms with van der Waals surface area (Å²) in [6, 6.07) is 16.2. The van der Waals surface area contributed by atoms with E-state index in [-0.39, 0.29) is 30.0 Å². The van der Waals surface area contributed by atoms with E-state index < -0.39 is 29.4 Å². The molecule has 2 unspecified atom stereocenters. The molecule has 4 atom stereocenters. The number of carbonyl (C=O) groups excluding carboxylic acids is 1. The number of alkyl halides is 3. The smallest absolute Gasteiger partial charge is 0.416 e. The van der Waals surface area contributed by atoms with Crippen molar-refractivity contribution in [3.63, 3.8) is 0 Å². The average Bonchev–Trinajstić information content (AvgIpc) is 3.27. The lowest BCUT2D eigenvalue weighted by atomic mass is 9.68. The SMILES string of the molecule is Cc1nc2cc(SN(C)c3ccc(C4C[C@H](N)CC(C(=O)Nc5ccc(C(F)(F)F)cc5F)[C@@H]4C)cc3)ccc2n1C.O=CO. The molecule has 1 aliphatic rings. The fraction of sp³-hybridized carbons (Fsp3) is 0.344. The molecule has 1 saturated carbocycles. The molecule has 0 spiro atoms. The molecule has 1 heterocycles. The van der Waals surface area contributed by atoms with Crippen LogP contribution >= 0.6 is 11.9 Å². The summed E-state index contributed by atoms with van der Waals surface area (Å²) in [5.74, 6) is -1.27. The molecule has 240 valence electrons. The zero-order valence-electron chi connectivity index (χ0n) is 25.2. The lowest BCUT2D eigenvalue weighted by Crippen LogP contribution is -2.42. The number of nitrogens with zero attached hydrogens (tertiary/aromatic N) is 3. The fourth-order valence-corrected chi connectivity index (χ4v) is 6.60. The minimum atomic E-state index is -4.67. The Morgan fingerprint density at radius 2 is 1.80 bits per heavy atom. The van der Waals surface area contributed by atoms with Gasteiger partial charge in [-0.1, -0.05) is 19.1 Å². The Morgan fingerprint density at radius 3 is 2.42 bits per heavy atom. The average molecular weight is 646 g/mol. The summed E-state index contributed by atoms with van der Waals surface area (Å²) in [5, 5.41) is 9.38. The third-order valence-electron chi connectivity index (χ3n) is 8.28. The molecule has 3 aromatic carbocycles. The molecule has 1 aromatic heterocycles. The maximum absolute atomic E-state index is 14.4. The Morgan fingerprint density at radius 1 is 1.13 bits per heavy atom. The van der Waals surface area contributed by atoms with Crippen molar-refractivity contribution in [1.82, 2.24) is 9.55 Å². The van der Waals surface area contributed by atoms with Crippen molar-refractivity contribution in [3.8, 4) is 0 Å². The quantitative estimate of drug-likeness (QED) is 0.118. The largest absolute Gasteiger partial charge is 0.483 e. The summed E-state index contributed by atoms with van der Waals surface area (Å²) in [6.45, 7) is 3.70. The highest BCUT2D eigenvalue weighted by Gasteiger charge is 2.39. The number of aromatic nitrogens is 2. The third kappa shape index (κ3) is 7.77. The molecule has 1 fully saturated rings. The van der Waals surface area contributed by atoms with E-state index in [4.69, 9.17) is 15.6 Å². The van der Waals surface area contributed by atoms with Crippen molar-refractivity contribution in [2.45, 2.75) is 49.7 Å². The molecule has 4 N–H and O–H groups in total. The molecule has 0 bridgehead atoms. The highest BCUT2D eigenvalue weighted by molar-refractivity contribution is 8.00. The van der Waals surface area contributed by atoms with Gasteiger partial charge in [-0.2, -0.15) is 13.2 Å². The van der Waals surface area contributed by atoms with E-state index in [1.165, 1.54) is 0 Å². The summed E-state index contributed by atoms with van der Waals surface area (Å²) < 4.78 is 57.3. The number of nitrogens with two attached hydrogens (primary N) is 1. The van der Waals surface area contributed by atoms with E-state index in [0.717, 1.165) is 45.1 Å². The minimum Gasteiger partial charge on any atom is -0.483 e. The molecule has 45 heavy (non-hydrogen) atoms. The van der Waals surface area contributed by atoms with Crippen molar-refractivity contribution in [1.29, 1.82) is 0 Å². The predicted octanol–water partition coefficient (Wildman–Crippen LogP) is 6.98. The monoisotopic (exact) mass is 645 g/mol. The van der Waals surface area contributed by atoms with Gasteiger partial charge in [0.05, 0.1) is 22.3 Å². The lowest BCUT2D eigenvalue weighted by Gasteiger charge is -2.38. The number of halogens is 4. The number of imidazole rings is 1. The molecular formula is C32H35F4N5O3S. The number of rotatable bonds is 6. The van der Waals surface area contributed by atoms with Crippen LogP contribution in [0, 0.1) is 24.6 Å². The number of anilines is 2. The zero-order valence-corrected chi connectivity index (χ0v) is 26.0. The van der Waals surface area contributed by atoms with Crippen LogP contribution in [0.2, 0.25) is 0 Å². The van der Waals surface area contributed by atoms with Crippen LogP contribution < -0.4 is 15.4 Å². The van der Waals surface area contributed by atoms with Gasteiger partial charge in [0.15, 0.2) is 0 Å². The van der Waals surface area contributed by atoms with E-state index in [2.05, 4.69) is 37.4 Å². The number of carboxylic acid groups (broad SMARTS) is 1. The number of hydrogen-bond acceptors (Lipinski definition) is 6. The number of nitrogens with one attached hydrogen (secondary N) is 1. The van der Waals surface area contributed by atoms with Crippen LogP contribution in [0.5, 0.6) is 0 Å². The molecular weight excluding hydrogens is 610 g/mol. The minimum absolute atomic E-state index is 0.0104. The molecule has 1 amide bonds. The molecule has 4 aromatic rings. The molecule has 8 nitrogen and oxygen atoms in total. The predicted molar refractivity (Wildman–Crippen MR) is 167 cm³/mol. The van der Waals surface area contributed by atoms with E-state index >= 15 is 0 Å². The van der Waals surface area contributed by atoms with Gasteiger partial charge in [-0.25, -0.2) is 9.37 Å². The maximum atomic E-state index is 14.4. The maximum Gasteiger partial charge on any atom is 0.416 e. The van der Waals surface area contributed by atoms with Gasteiger partial charge >= 0.3 is 6.18 Å². The molecule has 13 heteroatoms. The first-order valence-corrected chi connectivity index (χ1v) is 15.0. The number of amides is 1. The van der Waals surface area contributed by atoms with Crippen LogP contribution in [0.3, 0.4) is 0 Å². The second-order valence-corrected chi connectivity index (χ2v) is 12.3. The second kappa shape index (κ2) is 13.9. The van der Waals surface area contributed by atoms with Gasteiger partial charge in [-0.15, -0.1) is 0 Å². The van der Waals surface area contributed by atoms with Crippen LogP contribution in [-0.2, 0) is 22.8 Å². The Kier molecular flexibility index (Phi) is 10.4. The van der Waals surface area contributed by atoms with Gasteiger partial charge in [0, 0.05) is 36.6 Å².